The highest BCUT2D eigenvalue weighted by molar-refractivity contribution is 7.99. The second-order valence-electron chi connectivity index (χ2n) is 2.95. The number of aromatic amines is 1. The third-order valence-corrected chi connectivity index (χ3v) is 2.89. The number of aryl methyl sites for hydroxylation is 1. The lowest BCUT2D eigenvalue weighted by Crippen LogP contribution is -1.97. The molecule has 80 valence electrons. The van der Waals surface area contributed by atoms with E-state index >= 15 is 0 Å². The highest BCUT2D eigenvalue weighted by Crippen LogP contribution is 2.05. The Morgan fingerprint density at radius 1 is 1.50 bits per heavy atom. The monoisotopic (exact) mass is 214 g/mol. The second-order valence-corrected chi connectivity index (χ2v) is 4.17. The van der Waals surface area contributed by atoms with E-state index in [1.165, 1.54) is 5.75 Å². The number of imidazole rings is 1. The molecule has 0 fully saturated rings. The number of rotatable bonds is 8. The molecule has 0 aliphatic rings. The van der Waals surface area contributed by atoms with Gasteiger partial charge in [0.1, 0.15) is 5.82 Å². The summed E-state index contributed by atoms with van der Waals surface area (Å²) >= 11 is 1.96. The predicted molar refractivity (Wildman–Crippen MR) is 60.7 cm³/mol. The molecule has 0 unspecified atom stereocenters. The summed E-state index contributed by atoms with van der Waals surface area (Å²) in [5, 5.41) is 0. The van der Waals surface area contributed by atoms with Crippen molar-refractivity contribution in [3.05, 3.63) is 18.2 Å². The van der Waals surface area contributed by atoms with E-state index in [0.29, 0.717) is 0 Å². The fraction of sp³-hybridized carbons (Fsp3) is 0.700. The highest BCUT2D eigenvalue weighted by Gasteiger charge is 1.94. The van der Waals surface area contributed by atoms with Crippen molar-refractivity contribution in [1.82, 2.24) is 9.97 Å². The zero-order valence-electron chi connectivity index (χ0n) is 8.66. The second kappa shape index (κ2) is 7.88. The van der Waals surface area contributed by atoms with E-state index < -0.39 is 0 Å². The average molecular weight is 214 g/mol. The molecule has 0 saturated heterocycles. The van der Waals surface area contributed by atoms with Gasteiger partial charge in [-0.3, -0.25) is 0 Å². The van der Waals surface area contributed by atoms with Crippen LogP contribution >= 0.6 is 11.8 Å². The van der Waals surface area contributed by atoms with Gasteiger partial charge in [0.15, 0.2) is 0 Å². The van der Waals surface area contributed by atoms with Crippen LogP contribution in [0.3, 0.4) is 0 Å². The number of nitrogens with one attached hydrogen (secondary N) is 1. The van der Waals surface area contributed by atoms with E-state index in [2.05, 4.69) is 9.97 Å². The molecule has 0 atom stereocenters. The minimum atomic E-state index is 0.830. The Bertz CT molecular complexity index is 214. The van der Waals surface area contributed by atoms with E-state index in [1.54, 1.807) is 6.20 Å². The summed E-state index contributed by atoms with van der Waals surface area (Å²) in [6.45, 7) is 3.76. The maximum absolute atomic E-state index is 5.25. The Balaban J connectivity index is 1.85. The van der Waals surface area contributed by atoms with Crippen LogP contribution in [0.1, 0.15) is 19.2 Å². The molecule has 0 aromatic carbocycles. The fourth-order valence-electron chi connectivity index (χ4n) is 1.11. The Morgan fingerprint density at radius 3 is 3.14 bits per heavy atom. The first-order valence-electron chi connectivity index (χ1n) is 5.07. The number of thioether (sulfide) groups is 1. The van der Waals surface area contributed by atoms with E-state index in [-0.39, 0.29) is 0 Å². The van der Waals surface area contributed by atoms with E-state index in [4.69, 9.17) is 4.74 Å². The summed E-state index contributed by atoms with van der Waals surface area (Å²) in [6, 6.07) is 0. The van der Waals surface area contributed by atoms with Crippen molar-refractivity contribution >= 4 is 11.8 Å². The largest absolute Gasteiger partial charge is 0.382 e. The van der Waals surface area contributed by atoms with Crippen molar-refractivity contribution in [3.8, 4) is 0 Å². The van der Waals surface area contributed by atoms with Crippen LogP contribution in [-0.4, -0.2) is 34.7 Å². The van der Waals surface area contributed by atoms with E-state index in [0.717, 1.165) is 37.6 Å². The van der Waals surface area contributed by atoms with Crippen molar-refractivity contribution in [2.75, 3.05) is 24.7 Å². The highest BCUT2D eigenvalue weighted by atomic mass is 32.2. The normalized spacial score (nSPS) is 10.6. The first kappa shape index (κ1) is 11.6. The van der Waals surface area contributed by atoms with Crippen LogP contribution in [0, 0.1) is 0 Å². The Hall–Kier alpha value is -0.480. The molecule has 1 heterocycles. The Kier molecular flexibility index (Phi) is 6.53. The van der Waals surface area contributed by atoms with Crippen LogP contribution in [0.25, 0.3) is 0 Å². The zero-order chi connectivity index (χ0) is 10.1. The summed E-state index contributed by atoms with van der Waals surface area (Å²) in [6.07, 6.45) is 5.85. The molecule has 0 saturated carbocycles. The molecule has 4 heteroatoms. The molecule has 1 N–H and O–H groups in total. The van der Waals surface area contributed by atoms with Crippen molar-refractivity contribution in [3.63, 3.8) is 0 Å². The van der Waals surface area contributed by atoms with Crippen LogP contribution in [0.2, 0.25) is 0 Å². The molecule has 1 aromatic heterocycles. The molecule has 0 spiro atoms. The lowest BCUT2D eigenvalue weighted by Gasteiger charge is -2.00. The summed E-state index contributed by atoms with van der Waals surface area (Å²) < 4.78 is 5.25. The molecular formula is C10H18N2OS. The van der Waals surface area contributed by atoms with Crippen LogP contribution in [0.5, 0.6) is 0 Å². The van der Waals surface area contributed by atoms with Gasteiger partial charge in [-0.15, -0.1) is 0 Å². The zero-order valence-corrected chi connectivity index (χ0v) is 9.48. The van der Waals surface area contributed by atoms with Crippen LogP contribution in [0.15, 0.2) is 12.4 Å². The van der Waals surface area contributed by atoms with Gasteiger partial charge >= 0.3 is 0 Å². The van der Waals surface area contributed by atoms with Gasteiger partial charge in [-0.2, -0.15) is 11.8 Å². The van der Waals surface area contributed by atoms with Crippen molar-refractivity contribution in [1.29, 1.82) is 0 Å². The first-order valence-corrected chi connectivity index (χ1v) is 6.22. The number of hydrogen-bond donors (Lipinski definition) is 1. The van der Waals surface area contributed by atoms with Gasteiger partial charge in [-0.1, -0.05) is 0 Å². The number of H-pyrrole nitrogens is 1. The van der Waals surface area contributed by atoms with Gasteiger partial charge in [0.25, 0.3) is 0 Å². The SMILES string of the molecule is CCOCCCSCCc1ncc[nH]1. The smallest absolute Gasteiger partial charge is 0.106 e. The molecule has 0 aliphatic carbocycles. The minimum Gasteiger partial charge on any atom is -0.382 e. The fourth-order valence-corrected chi connectivity index (χ4v) is 1.98. The number of nitrogens with zero attached hydrogens (tertiary/aromatic N) is 1. The third-order valence-electron chi connectivity index (χ3n) is 1.82. The number of hydrogen-bond acceptors (Lipinski definition) is 3. The van der Waals surface area contributed by atoms with Crippen LogP contribution in [0.4, 0.5) is 0 Å². The molecule has 0 radical (unpaired) electrons. The van der Waals surface area contributed by atoms with Gasteiger partial charge in [0.2, 0.25) is 0 Å². The van der Waals surface area contributed by atoms with Gasteiger partial charge in [-0.25, -0.2) is 4.98 Å². The van der Waals surface area contributed by atoms with Crippen molar-refractivity contribution < 1.29 is 4.74 Å². The maximum atomic E-state index is 5.25. The van der Waals surface area contributed by atoms with Gasteiger partial charge < -0.3 is 9.72 Å². The molecule has 3 nitrogen and oxygen atoms in total. The van der Waals surface area contributed by atoms with E-state index in [9.17, 15) is 0 Å². The quantitative estimate of drug-likeness (QED) is 0.674. The molecule has 1 aromatic rings. The molecule has 14 heavy (non-hydrogen) atoms. The maximum Gasteiger partial charge on any atom is 0.106 e. The molecular weight excluding hydrogens is 196 g/mol. The predicted octanol–water partition coefficient (Wildman–Crippen LogP) is 2.11. The minimum absolute atomic E-state index is 0.830. The summed E-state index contributed by atoms with van der Waals surface area (Å²) in [5.74, 6) is 3.41. The molecule has 0 aliphatic heterocycles. The van der Waals surface area contributed by atoms with Gasteiger partial charge in [0.05, 0.1) is 0 Å². The lowest BCUT2D eigenvalue weighted by atomic mass is 10.5. The third kappa shape index (κ3) is 5.29. The van der Waals surface area contributed by atoms with Crippen LogP contribution in [-0.2, 0) is 11.2 Å². The Labute approximate surface area is 89.7 Å². The molecule has 1 rings (SSSR count). The first-order chi connectivity index (χ1) is 6.93. The summed E-state index contributed by atoms with van der Waals surface area (Å²) in [5.41, 5.74) is 0. The van der Waals surface area contributed by atoms with Crippen molar-refractivity contribution in [2.24, 2.45) is 0 Å². The molecule has 0 amide bonds. The Morgan fingerprint density at radius 2 is 2.43 bits per heavy atom. The standard InChI is InChI=1S/C10H18N2OS/c1-2-13-7-3-8-14-9-4-10-11-5-6-12-10/h5-6H,2-4,7-9H2,1H3,(H,11,12). The van der Waals surface area contributed by atoms with Crippen LogP contribution < -0.4 is 0 Å². The lowest BCUT2D eigenvalue weighted by molar-refractivity contribution is 0.149. The topological polar surface area (TPSA) is 37.9 Å². The average Bonchev–Trinajstić information content (AvgIpc) is 2.69. The number of aromatic nitrogens is 2. The number of ether oxygens (including phenoxy) is 1. The van der Waals surface area contributed by atoms with E-state index in [1.807, 2.05) is 24.9 Å². The summed E-state index contributed by atoms with van der Waals surface area (Å²) in [4.78, 5) is 7.27. The van der Waals surface area contributed by atoms with Crippen molar-refractivity contribution in [2.45, 2.75) is 19.8 Å². The van der Waals surface area contributed by atoms with Gasteiger partial charge in [0, 0.05) is 37.8 Å². The van der Waals surface area contributed by atoms with Gasteiger partial charge in [-0.05, 0) is 19.1 Å². The summed E-state index contributed by atoms with van der Waals surface area (Å²) in [7, 11) is 0. The molecule has 0 bridgehead atoms.